The molecule has 0 unspecified atom stereocenters. The number of nitrogens with one attached hydrogen (secondary N) is 1. The molecule has 0 fully saturated rings. The Labute approximate surface area is 104 Å². The van der Waals surface area contributed by atoms with Crippen molar-refractivity contribution in [1.29, 1.82) is 0 Å². The average Bonchev–Trinajstić information content (AvgIpc) is 2.46. The molecule has 1 N–H and O–H groups in total. The van der Waals surface area contributed by atoms with Crippen molar-refractivity contribution in [2.45, 2.75) is 6.92 Å². The highest BCUT2D eigenvalue weighted by molar-refractivity contribution is 6.00. The maximum atomic E-state index is 11.6. The summed E-state index contributed by atoms with van der Waals surface area (Å²) in [5.74, 6) is -0.397. The Morgan fingerprint density at radius 3 is 2.72 bits per heavy atom. The van der Waals surface area contributed by atoms with Gasteiger partial charge in [-0.1, -0.05) is 6.07 Å². The third-order valence-corrected chi connectivity index (χ3v) is 2.20. The smallest absolute Gasteiger partial charge is 0.265 e. The molecule has 0 aliphatic carbocycles. The van der Waals surface area contributed by atoms with Crippen LogP contribution in [0.15, 0.2) is 48.2 Å². The summed E-state index contributed by atoms with van der Waals surface area (Å²) in [5, 5.41) is 3.98. The van der Waals surface area contributed by atoms with Gasteiger partial charge >= 0.3 is 0 Å². The largest absolute Gasteiger partial charge is 0.291 e. The molecule has 6 heteroatoms. The first-order valence-corrected chi connectivity index (χ1v) is 5.28. The Balaban J connectivity index is 2.05. The zero-order chi connectivity index (χ0) is 12.8. The van der Waals surface area contributed by atoms with Crippen LogP contribution in [-0.4, -0.2) is 26.6 Å². The monoisotopic (exact) mass is 241 g/mol. The standard InChI is InChI=1S/C12H11N5O/c1-9(10-3-2-4-13-7-10)16-17-12(18)11-8-14-5-6-15-11/h2-8H,1H3,(H,17,18). The summed E-state index contributed by atoms with van der Waals surface area (Å²) in [6, 6.07) is 3.67. The molecule has 0 radical (unpaired) electrons. The van der Waals surface area contributed by atoms with Gasteiger partial charge in [0, 0.05) is 30.4 Å². The van der Waals surface area contributed by atoms with Gasteiger partial charge in [0.1, 0.15) is 5.69 Å². The molecule has 0 saturated heterocycles. The lowest BCUT2D eigenvalue weighted by Crippen LogP contribution is -2.20. The van der Waals surface area contributed by atoms with Crippen LogP contribution in [0, 0.1) is 0 Å². The molecule has 2 aromatic heterocycles. The minimum atomic E-state index is -0.397. The lowest BCUT2D eigenvalue weighted by Gasteiger charge is -2.01. The fraction of sp³-hybridized carbons (Fsp3) is 0.0833. The van der Waals surface area contributed by atoms with E-state index in [2.05, 4.69) is 25.5 Å². The van der Waals surface area contributed by atoms with Gasteiger partial charge in [0.25, 0.3) is 5.91 Å². The van der Waals surface area contributed by atoms with E-state index in [0.717, 1.165) is 5.56 Å². The minimum Gasteiger partial charge on any atom is -0.265 e. The van der Waals surface area contributed by atoms with Crippen LogP contribution in [0.5, 0.6) is 0 Å². The SMILES string of the molecule is CC(=NNC(=O)c1cnccn1)c1cccnc1. The molecule has 90 valence electrons. The topological polar surface area (TPSA) is 80.1 Å². The molecular weight excluding hydrogens is 230 g/mol. The number of hydrogen-bond donors (Lipinski definition) is 1. The van der Waals surface area contributed by atoms with E-state index in [4.69, 9.17) is 0 Å². The predicted molar refractivity (Wildman–Crippen MR) is 65.9 cm³/mol. The molecular formula is C12H11N5O. The Bertz CT molecular complexity index is 553. The summed E-state index contributed by atoms with van der Waals surface area (Å²) < 4.78 is 0. The molecule has 2 rings (SSSR count). The first-order chi connectivity index (χ1) is 8.77. The first-order valence-electron chi connectivity index (χ1n) is 5.28. The summed E-state index contributed by atoms with van der Waals surface area (Å²) in [7, 11) is 0. The zero-order valence-electron chi connectivity index (χ0n) is 9.74. The lowest BCUT2D eigenvalue weighted by atomic mass is 10.2. The van der Waals surface area contributed by atoms with E-state index in [9.17, 15) is 4.79 Å². The third kappa shape index (κ3) is 2.94. The Morgan fingerprint density at radius 1 is 1.22 bits per heavy atom. The zero-order valence-corrected chi connectivity index (χ0v) is 9.74. The van der Waals surface area contributed by atoms with Crippen molar-refractivity contribution in [1.82, 2.24) is 20.4 Å². The molecule has 0 aliphatic rings. The molecule has 2 aromatic rings. The highest BCUT2D eigenvalue weighted by atomic mass is 16.2. The van der Waals surface area contributed by atoms with E-state index in [-0.39, 0.29) is 5.69 Å². The number of pyridine rings is 1. The minimum absolute atomic E-state index is 0.222. The molecule has 0 aromatic carbocycles. The molecule has 6 nitrogen and oxygen atoms in total. The van der Waals surface area contributed by atoms with Gasteiger partial charge in [-0.15, -0.1) is 0 Å². The second-order valence-corrected chi connectivity index (χ2v) is 3.47. The fourth-order valence-corrected chi connectivity index (χ4v) is 1.25. The van der Waals surface area contributed by atoms with Crippen LogP contribution < -0.4 is 5.43 Å². The Morgan fingerprint density at radius 2 is 2.06 bits per heavy atom. The first kappa shape index (κ1) is 11.8. The van der Waals surface area contributed by atoms with Gasteiger partial charge in [-0.2, -0.15) is 5.10 Å². The van der Waals surface area contributed by atoms with E-state index < -0.39 is 5.91 Å². The Hall–Kier alpha value is -2.63. The van der Waals surface area contributed by atoms with Crippen LogP contribution >= 0.6 is 0 Å². The summed E-state index contributed by atoms with van der Waals surface area (Å²) >= 11 is 0. The van der Waals surface area contributed by atoms with E-state index in [1.165, 1.54) is 18.6 Å². The molecule has 2 heterocycles. The number of carbonyl (C=O) groups is 1. The van der Waals surface area contributed by atoms with Crippen molar-refractivity contribution in [2.75, 3.05) is 0 Å². The number of rotatable bonds is 3. The van der Waals surface area contributed by atoms with E-state index >= 15 is 0 Å². The highest BCUT2D eigenvalue weighted by Crippen LogP contribution is 1.98. The van der Waals surface area contributed by atoms with Crippen LogP contribution in [0.1, 0.15) is 23.0 Å². The second kappa shape index (κ2) is 5.62. The lowest BCUT2D eigenvalue weighted by molar-refractivity contribution is 0.0949. The van der Waals surface area contributed by atoms with Crippen molar-refractivity contribution in [3.05, 3.63) is 54.4 Å². The second-order valence-electron chi connectivity index (χ2n) is 3.47. The van der Waals surface area contributed by atoms with E-state index in [1.807, 2.05) is 6.07 Å². The number of hydrazone groups is 1. The molecule has 0 aliphatic heterocycles. The number of amides is 1. The molecule has 0 spiro atoms. The summed E-state index contributed by atoms with van der Waals surface area (Å²) in [6.45, 7) is 1.79. The van der Waals surface area contributed by atoms with Crippen molar-refractivity contribution in [3.63, 3.8) is 0 Å². The van der Waals surface area contributed by atoms with Gasteiger partial charge in [-0.25, -0.2) is 10.4 Å². The summed E-state index contributed by atoms with van der Waals surface area (Å²) in [6.07, 6.45) is 7.68. The number of hydrogen-bond acceptors (Lipinski definition) is 5. The molecule has 0 bridgehead atoms. The number of carbonyl (C=O) groups excluding carboxylic acids is 1. The highest BCUT2D eigenvalue weighted by Gasteiger charge is 2.05. The molecule has 0 saturated carbocycles. The van der Waals surface area contributed by atoms with Gasteiger partial charge in [-0.05, 0) is 13.0 Å². The third-order valence-electron chi connectivity index (χ3n) is 2.20. The van der Waals surface area contributed by atoms with Crippen LogP contribution in [0.2, 0.25) is 0 Å². The van der Waals surface area contributed by atoms with Crippen molar-refractivity contribution >= 4 is 11.6 Å². The average molecular weight is 241 g/mol. The van der Waals surface area contributed by atoms with Crippen molar-refractivity contribution in [3.8, 4) is 0 Å². The van der Waals surface area contributed by atoms with Gasteiger partial charge < -0.3 is 0 Å². The molecule has 0 atom stereocenters. The van der Waals surface area contributed by atoms with E-state index in [0.29, 0.717) is 5.71 Å². The maximum Gasteiger partial charge on any atom is 0.291 e. The Kier molecular flexibility index (Phi) is 3.70. The maximum absolute atomic E-state index is 11.6. The van der Waals surface area contributed by atoms with Crippen LogP contribution in [0.3, 0.4) is 0 Å². The summed E-state index contributed by atoms with van der Waals surface area (Å²) in [5.41, 5.74) is 4.15. The molecule has 1 amide bonds. The number of nitrogens with zero attached hydrogens (tertiary/aromatic N) is 4. The predicted octanol–water partition coefficient (Wildman–Crippen LogP) is 1.03. The normalized spacial score (nSPS) is 11.1. The van der Waals surface area contributed by atoms with E-state index in [1.54, 1.807) is 25.4 Å². The van der Waals surface area contributed by atoms with Crippen LogP contribution in [0.25, 0.3) is 0 Å². The van der Waals surface area contributed by atoms with Gasteiger partial charge in [0.2, 0.25) is 0 Å². The van der Waals surface area contributed by atoms with Crippen LogP contribution in [0.4, 0.5) is 0 Å². The fourth-order valence-electron chi connectivity index (χ4n) is 1.25. The quantitative estimate of drug-likeness (QED) is 0.642. The van der Waals surface area contributed by atoms with Gasteiger partial charge in [0.05, 0.1) is 11.9 Å². The van der Waals surface area contributed by atoms with Crippen molar-refractivity contribution in [2.24, 2.45) is 5.10 Å². The van der Waals surface area contributed by atoms with Gasteiger partial charge in [0.15, 0.2) is 0 Å². The number of aromatic nitrogens is 3. The molecule has 18 heavy (non-hydrogen) atoms. The van der Waals surface area contributed by atoms with Crippen molar-refractivity contribution < 1.29 is 4.79 Å². The van der Waals surface area contributed by atoms with Gasteiger partial charge in [-0.3, -0.25) is 14.8 Å². The van der Waals surface area contributed by atoms with Crippen LogP contribution in [-0.2, 0) is 0 Å². The summed E-state index contributed by atoms with van der Waals surface area (Å²) in [4.78, 5) is 23.3.